The SMILES string of the molecule is Cc1nc(Nc2ccc(C#N)cc2)cc(Nc2cccc(F)c2)n1. The third-order valence-electron chi connectivity index (χ3n) is 3.22. The second-order valence-corrected chi connectivity index (χ2v) is 5.14. The monoisotopic (exact) mass is 319 g/mol. The van der Waals surface area contributed by atoms with Gasteiger partial charge in [0.2, 0.25) is 0 Å². The number of hydrogen-bond acceptors (Lipinski definition) is 5. The van der Waals surface area contributed by atoms with Crippen LogP contribution in [-0.4, -0.2) is 9.97 Å². The number of hydrogen-bond donors (Lipinski definition) is 2. The molecule has 118 valence electrons. The zero-order valence-electron chi connectivity index (χ0n) is 12.9. The van der Waals surface area contributed by atoms with Crippen molar-refractivity contribution in [2.75, 3.05) is 10.6 Å². The van der Waals surface area contributed by atoms with Gasteiger partial charge in [-0.05, 0) is 49.4 Å². The van der Waals surface area contributed by atoms with Crippen LogP contribution in [0.15, 0.2) is 54.6 Å². The van der Waals surface area contributed by atoms with Gasteiger partial charge < -0.3 is 10.6 Å². The van der Waals surface area contributed by atoms with E-state index in [0.717, 1.165) is 5.69 Å². The maximum Gasteiger partial charge on any atom is 0.136 e. The molecule has 0 bridgehead atoms. The zero-order chi connectivity index (χ0) is 16.9. The quantitative estimate of drug-likeness (QED) is 0.750. The lowest BCUT2D eigenvalue weighted by Gasteiger charge is -2.10. The molecule has 24 heavy (non-hydrogen) atoms. The topological polar surface area (TPSA) is 73.6 Å². The van der Waals surface area contributed by atoms with Crippen molar-refractivity contribution in [3.8, 4) is 6.07 Å². The Morgan fingerprint density at radius 2 is 1.58 bits per heavy atom. The van der Waals surface area contributed by atoms with E-state index < -0.39 is 0 Å². The summed E-state index contributed by atoms with van der Waals surface area (Å²) < 4.78 is 13.3. The number of nitrogens with one attached hydrogen (secondary N) is 2. The van der Waals surface area contributed by atoms with E-state index in [-0.39, 0.29) is 5.82 Å². The van der Waals surface area contributed by atoms with Crippen LogP contribution in [0, 0.1) is 24.1 Å². The smallest absolute Gasteiger partial charge is 0.136 e. The molecule has 0 spiro atoms. The first-order valence-electron chi connectivity index (χ1n) is 7.28. The molecule has 0 aliphatic carbocycles. The molecule has 2 aromatic carbocycles. The molecule has 1 aromatic heterocycles. The van der Waals surface area contributed by atoms with E-state index in [2.05, 4.69) is 26.7 Å². The number of rotatable bonds is 4. The minimum Gasteiger partial charge on any atom is -0.340 e. The van der Waals surface area contributed by atoms with Gasteiger partial charge in [0, 0.05) is 17.4 Å². The van der Waals surface area contributed by atoms with Crippen LogP contribution < -0.4 is 10.6 Å². The maximum absolute atomic E-state index is 13.3. The van der Waals surface area contributed by atoms with Crippen molar-refractivity contribution in [1.82, 2.24) is 9.97 Å². The summed E-state index contributed by atoms with van der Waals surface area (Å²) in [5, 5.41) is 15.0. The van der Waals surface area contributed by atoms with Gasteiger partial charge in [0.25, 0.3) is 0 Å². The van der Waals surface area contributed by atoms with Crippen LogP contribution >= 0.6 is 0 Å². The van der Waals surface area contributed by atoms with Crippen LogP contribution in [0.25, 0.3) is 0 Å². The fourth-order valence-corrected chi connectivity index (χ4v) is 2.19. The molecule has 0 atom stereocenters. The van der Waals surface area contributed by atoms with Crippen molar-refractivity contribution in [2.24, 2.45) is 0 Å². The largest absolute Gasteiger partial charge is 0.340 e. The molecule has 0 unspecified atom stereocenters. The summed E-state index contributed by atoms with van der Waals surface area (Å²) in [5.74, 6) is 1.42. The second kappa shape index (κ2) is 6.75. The Morgan fingerprint density at radius 1 is 0.917 bits per heavy atom. The van der Waals surface area contributed by atoms with Gasteiger partial charge in [-0.25, -0.2) is 14.4 Å². The van der Waals surface area contributed by atoms with Crippen molar-refractivity contribution in [2.45, 2.75) is 6.92 Å². The fraction of sp³-hybridized carbons (Fsp3) is 0.0556. The van der Waals surface area contributed by atoms with Gasteiger partial charge in [0.1, 0.15) is 23.3 Å². The van der Waals surface area contributed by atoms with E-state index in [0.29, 0.717) is 28.7 Å². The molecule has 0 saturated heterocycles. The van der Waals surface area contributed by atoms with Gasteiger partial charge in [-0.3, -0.25) is 0 Å². The molecular weight excluding hydrogens is 305 g/mol. The third-order valence-corrected chi connectivity index (χ3v) is 3.22. The highest BCUT2D eigenvalue weighted by atomic mass is 19.1. The predicted molar refractivity (Wildman–Crippen MR) is 90.9 cm³/mol. The molecule has 0 aliphatic heterocycles. The van der Waals surface area contributed by atoms with E-state index in [4.69, 9.17) is 5.26 Å². The van der Waals surface area contributed by atoms with Crippen LogP contribution in [0.3, 0.4) is 0 Å². The van der Waals surface area contributed by atoms with Gasteiger partial charge in [-0.15, -0.1) is 0 Å². The van der Waals surface area contributed by atoms with E-state index in [1.54, 1.807) is 49.4 Å². The number of nitriles is 1. The molecule has 1 heterocycles. The number of halogens is 1. The maximum atomic E-state index is 13.3. The van der Waals surface area contributed by atoms with Crippen molar-refractivity contribution in [3.05, 3.63) is 71.8 Å². The van der Waals surface area contributed by atoms with E-state index >= 15 is 0 Å². The molecule has 5 nitrogen and oxygen atoms in total. The third kappa shape index (κ3) is 3.84. The Bertz CT molecular complexity index is 900. The first-order chi connectivity index (χ1) is 11.6. The van der Waals surface area contributed by atoms with Crippen LogP contribution in [0.5, 0.6) is 0 Å². The number of aromatic nitrogens is 2. The lowest BCUT2D eigenvalue weighted by Crippen LogP contribution is -2.01. The first-order valence-corrected chi connectivity index (χ1v) is 7.28. The van der Waals surface area contributed by atoms with Crippen molar-refractivity contribution < 1.29 is 4.39 Å². The summed E-state index contributed by atoms with van der Waals surface area (Å²) in [7, 11) is 0. The molecule has 0 fully saturated rings. The lowest BCUT2D eigenvalue weighted by molar-refractivity contribution is 0.628. The summed E-state index contributed by atoms with van der Waals surface area (Å²) in [5.41, 5.74) is 2.01. The molecule has 0 saturated carbocycles. The molecule has 0 aliphatic rings. The second-order valence-electron chi connectivity index (χ2n) is 5.14. The number of aryl methyl sites for hydroxylation is 1. The van der Waals surface area contributed by atoms with Gasteiger partial charge >= 0.3 is 0 Å². The van der Waals surface area contributed by atoms with Crippen LogP contribution in [0.2, 0.25) is 0 Å². The first kappa shape index (κ1) is 15.4. The normalized spacial score (nSPS) is 10.0. The van der Waals surface area contributed by atoms with Gasteiger partial charge in [0.15, 0.2) is 0 Å². The Morgan fingerprint density at radius 3 is 2.21 bits per heavy atom. The Balaban J connectivity index is 1.81. The molecule has 3 aromatic rings. The average molecular weight is 319 g/mol. The zero-order valence-corrected chi connectivity index (χ0v) is 12.9. The number of benzene rings is 2. The van der Waals surface area contributed by atoms with Gasteiger partial charge in [-0.2, -0.15) is 5.26 Å². The van der Waals surface area contributed by atoms with Crippen molar-refractivity contribution >= 4 is 23.0 Å². The van der Waals surface area contributed by atoms with Crippen LogP contribution in [0.4, 0.5) is 27.4 Å². The van der Waals surface area contributed by atoms with Gasteiger partial charge in [-0.1, -0.05) is 6.07 Å². The summed E-state index contributed by atoms with van der Waals surface area (Å²) in [4.78, 5) is 8.63. The number of anilines is 4. The standard InChI is InChI=1S/C18H14FN5/c1-12-21-17(23-15-7-5-13(11-20)6-8-15)10-18(22-12)24-16-4-2-3-14(19)9-16/h2-10H,1H3,(H2,21,22,23,24). The molecule has 2 N–H and O–H groups in total. The molecule has 6 heteroatoms. The summed E-state index contributed by atoms with van der Waals surface area (Å²) >= 11 is 0. The molecule has 0 radical (unpaired) electrons. The summed E-state index contributed by atoms with van der Waals surface area (Å²) in [6.07, 6.45) is 0. The van der Waals surface area contributed by atoms with Crippen LogP contribution in [0.1, 0.15) is 11.4 Å². The predicted octanol–water partition coefficient (Wildman–Crippen LogP) is 4.28. The average Bonchev–Trinajstić information content (AvgIpc) is 2.55. The lowest BCUT2D eigenvalue weighted by atomic mass is 10.2. The van der Waals surface area contributed by atoms with Gasteiger partial charge in [0.05, 0.1) is 11.6 Å². The highest BCUT2D eigenvalue weighted by Crippen LogP contribution is 2.21. The fourth-order valence-electron chi connectivity index (χ4n) is 2.19. The molecule has 3 rings (SSSR count). The highest BCUT2D eigenvalue weighted by molar-refractivity contribution is 5.63. The Hall–Kier alpha value is -3.46. The highest BCUT2D eigenvalue weighted by Gasteiger charge is 2.04. The van der Waals surface area contributed by atoms with E-state index in [1.165, 1.54) is 12.1 Å². The van der Waals surface area contributed by atoms with E-state index in [1.807, 2.05) is 0 Å². The summed E-state index contributed by atoms with van der Waals surface area (Å²) in [6, 6.07) is 17.0. The molecular formula is C18H14FN5. The van der Waals surface area contributed by atoms with Crippen LogP contribution in [-0.2, 0) is 0 Å². The minimum atomic E-state index is -0.318. The minimum absolute atomic E-state index is 0.318. The van der Waals surface area contributed by atoms with Crippen molar-refractivity contribution in [3.63, 3.8) is 0 Å². The molecule has 0 amide bonds. The summed E-state index contributed by atoms with van der Waals surface area (Å²) in [6.45, 7) is 1.78. The Kier molecular flexibility index (Phi) is 4.34. The number of nitrogens with zero attached hydrogens (tertiary/aromatic N) is 3. The van der Waals surface area contributed by atoms with E-state index in [9.17, 15) is 4.39 Å². The Labute approximate surface area is 138 Å². The van der Waals surface area contributed by atoms with Crippen molar-refractivity contribution in [1.29, 1.82) is 5.26 Å².